The summed E-state index contributed by atoms with van der Waals surface area (Å²) >= 11 is 3.28. The van der Waals surface area contributed by atoms with Crippen molar-refractivity contribution in [1.29, 1.82) is 0 Å². The van der Waals surface area contributed by atoms with Crippen LogP contribution in [0.2, 0.25) is 0 Å². The van der Waals surface area contributed by atoms with Gasteiger partial charge in [-0.15, -0.1) is 0 Å². The second-order valence-corrected chi connectivity index (χ2v) is 5.13. The van der Waals surface area contributed by atoms with Crippen LogP contribution in [0.1, 0.15) is 20.7 Å². The third-order valence-electron chi connectivity index (χ3n) is 2.85. The number of nitrogens with one attached hydrogen (secondary N) is 2. The Bertz CT molecular complexity index is 718. The van der Waals surface area contributed by atoms with E-state index >= 15 is 0 Å². The second kappa shape index (κ2) is 6.95. The van der Waals surface area contributed by atoms with Gasteiger partial charge in [-0.25, -0.2) is 0 Å². The zero-order valence-electron chi connectivity index (χ0n) is 11.6. The Labute approximate surface area is 135 Å². The summed E-state index contributed by atoms with van der Waals surface area (Å²) in [5.74, 6) is -0.678. The van der Waals surface area contributed by atoms with Crippen molar-refractivity contribution in [2.24, 2.45) is 0 Å². The highest BCUT2D eigenvalue weighted by molar-refractivity contribution is 9.10. The summed E-state index contributed by atoms with van der Waals surface area (Å²) in [6.07, 6.45) is 0. The summed E-state index contributed by atoms with van der Waals surface area (Å²) in [4.78, 5) is 23.8. The van der Waals surface area contributed by atoms with E-state index in [0.29, 0.717) is 15.8 Å². The Morgan fingerprint density at radius 1 is 1.09 bits per heavy atom. The molecule has 7 heteroatoms. The minimum Gasteiger partial charge on any atom is -0.507 e. The van der Waals surface area contributed by atoms with E-state index in [4.69, 9.17) is 4.74 Å². The van der Waals surface area contributed by atoms with Crippen LogP contribution in [-0.2, 0) is 0 Å². The van der Waals surface area contributed by atoms with Crippen LogP contribution in [0, 0.1) is 0 Å². The minimum absolute atomic E-state index is 0.0683. The summed E-state index contributed by atoms with van der Waals surface area (Å²) in [6.45, 7) is 0. The van der Waals surface area contributed by atoms with E-state index in [1.165, 1.54) is 19.2 Å². The molecule has 0 aliphatic carbocycles. The molecule has 2 amide bonds. The number of methoxy groups -OCH3 is 1. The molecule has 0 saturated carbocycles. The zero-order valence-corrected chi connectivity index (χ0v) is 13.2. The number of benzene rings is 2. The molecule has 22 heavy (non-hydrogen) atoms. The molecule has 0 atom stereocenters. The number of hydrogen-bond donors (Lipinski definition) is 3. The highest BCUT2D eigenvalue weighted by atomic mass is 79.9. The monoisotopic (exact) mass is 364 g/mol. The molecule has 0 bridgehead atoms. The topological polar surface area (TPSA) is 87.7 Å². The van der Waals surface area contributed by atoms with E-state index in [-0.39, 0.29) is 11.3 Å². The minimum atomic E-state index is -0.612. The molecule has 2 rings (SSSR count). The highest BCUT2D eigenvalue weighted by Crippen LogP contribution is 2.25. The van der Waals surface area contributed by atoms with Gasteiger partial charge in [0.25, 0.3) is 11.8 Å². The fraction of sp³-hybridized carbons (Fsp3) is 0.0667. The van der Waals surface area contributed by atoms with Crippen molar-refractivity contribution in [3.8, 4) is 11.5 Å². The lowest BCUT2D eigenvalue weighted by atomic mass is 10.2. The Morgan fingerprint density at radius 3 is 2.41 bits per heavy atom. The van der Waals surface area contributed by atoms with Gasteiger partial charge in [0, 0.05) is 5.56 Å². The van der Waals surface area contributed by atoms with E-state index < -0.39 is 11.8 Å². The van der Waals surface area contributed by atoms with Crippen LogP contribution in [-0.4, -0.2) is 24.0 Å². The standard InChI is InChI=1S/C15H13BrN2O4/c1-22-13-7-6-9(8-11(13)16)14(20)17-18-15(21)10-4-2-3-5-12(10)19/h2-8,19H,1H3,(H,17,20)(H,18,21). The second-order valence-electron chi connectivity index (χ2n) is 4.27. The van der Waals surface area contributed by atoms with Crippen LogP contribution in [0.3, 0.4) is 0 Å². The molecule has 0 fully saturated rings. The predicted molar refractivity (Wildman–Crippen MR) is 83.7 cm³/mol. The first-order chi connectivity index (χ1) is 10.5. The van der Waals surface area contributed by atoms with E-state index in [0.717, 1.165) is 0 Å². The van der Waals surface area contributed by atoms with Crippen LogP contribution in [0.4, 0.5) is 0 Å². The van der Waals surface area contributed by atoms with Crippen molar-refractivity contribution in [1.82, 2.24) is 10.9 Å². The molecular weight excluding hydrogens is 352 g/mol. The van der Waals surface area contributed by atoms with Gasteiger partial charge in [-0.1, -0.05) is 12.1 Å². The summed E-state index contributed by atoms with van der Waals surface area (Å²) in [5, 5.41) is 9.56. The third-order valence-corrected chi connectivity index (χ3v) is 3.47. The van der Waals surface area contributed by atoms with Crippen LogP contribution in [0.25, 0.3) is 0 Å². The molecule has 0 aromatic heterocycles. The van der Waals surface area contributed by atoms with Gasteiger partial charge in [0.1, 0.15) is 11.5 Å². The summed E-state index contributed by atoms with van der Waals surface area (Å²) in [5.41, 5.74) is 4.93. The molecule has 0 aliphatic rings. The molecule has 3 N–H and O–H groups in total. The quantitative estimate of drug-likeness (QED) is 0.728. The molecule has 2 aromatic carbocycles. The number of halogens is 1. The Balaban J connectivity index is 2.02. The zero-order chi connectivity index (χ0) is 16.1. The fourth-order valence-electron chi connectivity index (χ4n) is 1.73. The van der Waals surface area contributed by atoms with Gasteiger partial charge in [0.15, 0.2) is 0 Å². The lowest BCUT2D eigenvalue weighted by Crippen LogP contribution is -2.41. The van der Waals surface area contributed by atoms with Gasteiger partial charge < -0.3 is 9.84 Å². The van der Waals surface area contributed by atoms with Gasteiger partial charge in [0.05, 0.1) is 17.1 Å². The van der Waals surface area contributed by atoms with Gasteiger partial charge in [-0.2, -0.15) is 0 Å². The molecule has 0 aliphatic heterocycles. The highest BCUT2D eigenvalue weighted by Gasteiger charge is 2.13. The van der Waals surface area contributed by atoms with Crippen molar-refractivity contribution in [2.75, 3.05) is 7.11 Å². The molecule has 6 nitrogen and oxygen atoms in total. The van der Waals surface area contributed by atoms with E-state index in [9.17, 15) is 14.7 Å². The fourth-order valence-corrected chi connectivity index (χ4v) is 2.27. The predicted octanol–water partition coefficient (Wildman–Crippen LogP) is 2.24. The van der Waals surface area contributed by atoms with Crippen molar-refractivity contribution in [3.05, 3.63) is 58.1 Å². The van der Waals surface area contributed by atoms with Crippen molar-refractivity contribution < 1.29 is 19.4 Å². The van der Waals surface area contributed by atoms with Crippen molar-refractivity contribution in [2.45, 2.75) is 0 Å². The molecule has 0 saturated heterocycles. The van der Waals surface area contributed by atoms with E-state index in [1.807, 2.05) is 0 Å². The van der Waals surface area contributed by atoms with Gasteiger partial charge in [-0.3, -0.25) is 20.4 Å². The summed E-state index contributed by atoms with van der Waals surface area (Å²) in [7, 11) is 1.52. The average Bonchev–Trinajstić information content (AvgIpc) is 2.52. The molecule has 2 aromatic rings. The maximum Gasteiger partial charge on any atom is 0.273 e. The Kier molecular flexibility index (Phi) is 5.00. The lowest BCUT2D eigenvalue weighted by Gasteiger charge is -2.09. The molecule has 0 spiro atoms. The maximum atomic E-state index is 12.0. The van der Waals surface area contributed by atoms with Crippen LogP contribution >= 0.6 is 15.9 Å². The number of amides is 2. The van der Waals surface area contributed by atoms with Crippen molar-refractivity contribution in [3.63, 3.8) is 0 Å². The number of hydrazine groups is 1. The Hall–Kier alpha value is -2.54. The average molecular weight is 365 g/mol. The molecule has 114 valence electrons. The SMILES string of the molecule is COc1ccc(C(=O)NNC(=O)c2ccccc2O)cc1Br. The number of hydrogen-bond acceptors (Lipinski definition) is 4. The molecular formula is C15H13BrN2O4. The van der Waals surface area contributed by atoms with Crippen LogP contribution in [0.5, 0.6) is 11.5 Å². The number of carbonyl (C=O) groups is 2. The smallest absolute Gasteiger partial charge is 0.273 e. The molecule has 0 radical (unpaired) electrons. The van der Waals surface area contributed by atoms with Gasteiger partial charge in [-0.05, 0) is 46.3 Å². The van der Waals surface area contributed by atoms with Crippen LogP contribution < -0.4 is 15.6 Å². The van der Waals surface area contributed by atoms with E-state index in [1.54, 1.807) is 30.3 Å². The largest absolute Gasteiger partial charge is 0.507 e. The number of phenols is 1. The summed E-state index contributed by atoms with van der Waals surface area (Å²) < 4.78 is 5.69. The first-order valence-corrected chi connectivity index (χ1v) is 7.04. The number of para-hydroxylation sites is 1. The van der Waals surface area contributed by atoms with E-state index in [2.05, 4.69) is 26.8 Å². The first kappa shape index (κ1) is 15.8. The van der Waals surface area contributed by atoms with Crippen molar-refractivity contribution >= 4 is 27.7 Å². The molecule has 0 heterocycles. The number of phenolic OH excluding ortho intramolecular Hbond substituents is 1. The first-order valence-electron chi connectivity index (χ1n) is 6.25. The number of aromatic hydroxyl groups is 1. The summed E-state index contributed by atoms with van der Waals surface area (Å²) in [6, 6.07) is 10.8. The van der Waals surface area contributed by atoms with Crippen LogP contribution in [0.15, 0.2) is 46.9 Å². The third kappa shape index (κ3) is 3.56. The number of carbonyl (C=O) groups excluding carboxylic acids is 2. The number of rotatable bonds is 3. The lowest BCUT2D eigenvalue weighted by molar-refractivity contribution is 0.0845. The number of ether oxygens (including phenoxy) is 1. The maximum absolute atomic E-state index is 12.0. The van der Waals surface area contributed by atoms with Gasteiger partial charge in [0.2, 0.25) is 0 Å². The Morgan fingerprint density at radius 2 is 1.77 bits per heavy atom. The normalized spacial score (nSPS) is 9.91. The molecule has 0 unspecified atom stereocenters. The van der Waals surface area contributed by atoms with Gasteiger partial charge >= 0.3 is 0 Å².